The van der Waals surface area contributed by atoms with Crippen LogP contribution in [0, 0.1) is 0 Å². The molecular formula is C24H35BrNO3+. The molecule has 0 fully saturated rings. The third-order valence-corrected chi connectivity index (χ3v) is 4.98. The quantitative estimate of drug-likeness (QED) is 0.152. The maximum Gasteiger partial charge on any atom is 0.381 e. The number of carbonyl (C=O) groups excluding carboxylic acids is 1. The first kappa shape index (κ1) is 25.2. The number of benzene rings is 1. The molecule has 1 atom stereocenters. The number of esters is 1. The molecule has 0 spiro atoms. The lowest BCUT2D eigenvalue weighted by Gasteiger charge is -2.12. The first-order valence-corrected chi connectivity index (χ1v) is 10.6. The summed E-state index contributed by atoms with van der Waals surface area (Å²) in [6, 6.07) is 12.7. The predicted octanol–water partition coefficient (Wildman–Crippen LogP) is 6.24. The average Bonchev–Trinajstić information content (AvgIpc) is 2.74. The number of unbranched alkanes of at least 4 members (excludes halogenated alkanes) is 7. The highest BCUT2D eigenvalue weighted by Crippen LogP contribution is 2.20. The summed E-state index contributed by atoms with van der Waals surface area (Å²) in [4.78, 5) is 12.8. The van der Waals surface area contributed by atoms with Gasteiger partial charge >= 0.3 is 5.97 Å². The Kier molecular flexibility index (Phi) is 13.0. The van der Waals surface area contributed by atoms with Crippen molar-refractivity contribution in [2.75, 3.05) is 7.11 Å². The zero-order chi connectivity index (χ0) is 20.0. The Labute approximate surface area is 186 Å². The van der Waals surface area contributed by atoms with Crippen LogP contribution in [0.25, 0.3) is 0 Å². The van der Waals surface area contributed by atoms with E-state index in [-0.39, 0.29) is 29.0 Å². The van der Waals surface area contributed by atoms with Crippen LogP contribution in [0.1, 0.15) is 70.8 Å². The minimum absolute atomic E-state index is 0. The first-order valence-electron chi connectivity index (χ1n) is 10.6. The average molecular weight is 465 g/mol. The topological polar surface area (TPSA) is 39.4 Å². The molecule has 0 radical (unpaired) electrons. The number of methoxy groups -OCH3 is 1. The summed E-state index contributed by atoms with van der Waals surface area (Å²) >= 11 is 0. The van der Waals surface area contributed by atoms with Gasteiger partial charge in [0.15, 0.2) is 12.4 Å². The molecule has 160 valence electrons. The summed E-state index contributed by atoms with van der Waals surface area (Å²) in [5.41, 5.74) is 0. The lowest BCUT2D eigenvalue weighted by atomic mass is 10.0. The summed E-state index contributed by atoms with van der Waals surface area (Å²) < 4.78 is 12.7. The van der Waals surface area contributed by atoms with Crippen molar-refractivity contribution in [2.24, 2.45) is 0 Å². The third kappa shape index (κ3) is 9.44. The molecule has 0 bridgehead atoms. The standard InChI is InChI=1S/C24H34NO3.BrH/c1-3-4-5-6-7-8-9-11-14-23(25-19-12-10-13-20-25)24(26)28-22-17-15-21(27-2)16-18-22;/h10,12-13,15-20,23H,3-9,11,14H2,1-2H3;1H/q+1;. The minimum atomic E-state index is -0.302. The second kappa shape index (κ2) is 15.0. The lowest BCUT2D eigenvalue weighted by molar-refractivity contribution is -0.711. The summed E-state index contributed by atoms with van der Waals surface area (Å²) in [5.74, 6) is 1.07. The number of aromatic nitrogens is 1. The van der Waals surface area contributed by atoms with Gasteiger partial charge in [0.1, 0.15) is 11.5 Å². The van der Waals surface area contributed by atoms with Crippen molar-refractivity contribution < 1.29 is 18.8 Å². The summed E-state index contributed by atoms with van der Waals surface area (Å²) in [7, 11) is 1.62. The highest BCUT2D eigenvalue weighted by atomic mass is 79.9. The molecular weight excluding hydrogens is 430 g/mol. The number of halogens is 1. The van der Waals surface area contributed by atoms with Gasteiger partial charge in [-0.2, -0.15) is 4.57 Å². The van der Waals surface area contributed by atoms with Crippen LogP contribution in [-0.4, -0.2) is 13.1 Å². The minimum Gasteiger partial charge on any atom is -0.497 e. The van der Waals surface area contributed by atoms with Crippen molar-refractivity contribution in [1.82, 2.24) is 0 Å². The molecule has 4 nitrogen and oxygen atoms in total. The van der Waals surface area contributed by atoms with Gasteiger partial charge in [0.05, 0.1) is 7.11 Å². The van der Waals surface area contributed by atoms with Crippen molar-refractivity contribution in [3.8, 4) is 11.5 Å². The third-order valence-electron chi connectivity index (χ3n) is 4.98. The molecule has 0 saturated carbocycles. The number of hydrogen-bond donors (Lipinski definition) is 0. The van der Waals surface area contributed by atoms with E-state index in [0.29, 0.717) is 5.75 Å². The normalized spacial score (nSPS) is 11.4. The number of hydrogen-bond acceptors (Lipinski definition) is 3. The monoisotopic (exact) mass is 464 g/mol. The van der Waals surface area contributed by atoms with E-state index in [1.807, 2.05) is 35.2 Å². The molecule has 0 saturated heterocycles. The highest BCUT2D eigenvalue weighted by molar-refractivity contribution is 8.93. The van der Waals surface area contributed by atoms with E-state index in [9.17, 15) is 4.79 Å². The number of carbonyl (C=O) groups is 1. The Morgan fingerprint density at radius 1 is 0.862 bits per heavy atom. The Balaban J connectivity index is 0.00000420. The highest BCUT2D eigenvalue weighted by Gasteiger charge is 2.29. The largest absolute Gasteiger partial charge is 0.497 e. The van der Waals surface area contributed by atoms with Gasteiger partial charge in [-0.3, -0.25) is 0 Å². The van der Waals surface area contributed by atoms with Crippen molar-refractivity contribution in [1.29, 1.82) is 0 Å². The summed E-state index contributed by atoms with van der Waals surface area (Å²) in [6.45, 7) is 2.24. The van der Waals surface area contributed by atoms with Gasteiger partial charge < -0.3 is 9.47 Å². The molecule has 0 amide bonds. The maximum atomic E-state index is 12.8. The number of rotatable bonds is 13. The Morgan fingerprint density at radius 2 is 1.41 bits per heavy atom. The van der Waals surface area contributed by atoms with E-state index in [1.165, 1.54) is 38.5 Å². The zero-order valence-corrected chi connectivity index (χ0v) is 19.4. The molecule has 1 unspecified atom stereocenters. The molecule has 1 heterocycles. The van der Waals surface area contributed by atoms with E-state index in [0.717, 1.165) is 25.0 Å². The van der Waals surface area contributed by atoms with Crippen LogP contribution < -0.4 is 14.0 Å². The molecule has 0 aliphatic rings. The van der Waals surface area contributed by atoms with Gasteiger partial charge in [-0.05, 0) is 30.7 Å². The van der Waals surface area contributed by atoms with Crippen LogP contribution in [-0.2, 0) is 4.79 Å². The molecule has 1 aromatic heterocycles. The molecule has 1 aromatic carbocycles. The zero-order valence-electron chi connectivity index (χ0n) is 17.7. The van der Waals surface area contributed by atoms with Gasteiger partial charge in [0, 0.05) is 18.6 Å². The van der Waals surface area contributed by atoms with E-state index < -0.39 is 0 Å². The molecule has 0 aliphatic heterocycles. The van der Waals surface area contributed by atoms with Gasteiger partial charge in [-0.1, -0.05) is 57.9 Å². The lowest BCUT2D eigenvalue weighted by Crippen LogP contribution is -2.45. The number of ether oxygens (including phenoxy) is 2. The van der Waals surface area contributed by atoms with Gasteiger partial charge in [-0.25, -0.2) is 4.79 Å². The van der Waals surface area contributed by atoms with Crippen LogP contribution in [0.3, 0.4) is 0 Å². The molecule has 29 heavy (non-hydrogen) atoms. The molecule has 0 N–H and O–H groups in total. The maximum absolute atomic E-state index is 12.8. The van der Waals surface area contributed by atoms with E-state index in [4.69, 9.17) is 9.47 Å². The Hall–Kier alpha value is -1.88. The van der Waals surface area contributed by atoms with Crippen molar-refractivity contribution in [3.63, 3.8) is 0 Å². The fourth-order valence-corrected chi connectivity index (χ4v) is 3.31. The molecule has 0 aliphatic carbocycles. The smallest absolute Gasteiger partial charge is 0.381 e. The first-order chi connectivity index (χ1) is 13.7. The van der Waals surface area contributed by atoms with Crippen molar-refractivity contribution >= 4 is 23.0 Å². The van der Waals surface area contributed by atoms with Crippen molar-refractivity contribution in [2.45, 2.75) is 70.8 Å². The molecule has 2 rings (SSSR count). The predicted molar refractivity (Wildman–Crippen MR) is 122 cm³/mol. The number of nitrogens with zero attached hydrogens (tertiary/aromatic N) is 1. The van der Waals surface area contributed by atoms with Crippen LogP contribution in [0.4, 0.5) is 0 Å². The number of pyridine rings is 1. The van der Waals surface area contributed by atoms with E-state index in [1.54, 1.807) is 31.4 Å². The SMILES string of the molecule is Br.CCCCCCCCCCC(C(=O)Oc1ccc(OC)cc1)[n+]1ccccc1. The van der Waals surface area contributed by atoms with Gasteiger partial charge in [0.25, 0.3) is 6.04 Å². The van der Waals surface area contributed by atoms with Gasteiger partial charge in [0.2, 0.25) is 0 Å². The van der Waals surface area contributed by atoms with Crippen LogP contribution in [0.5, 0.6) is 11.5 Å². The Morgan fingerprint density at radius 3 is 2.00 bits per heavy atom. The van der Waals surface area contributed by atoms with Gasteiger partial charge in [-0.15, -0.1) is 17.0 Å². The molecule has 2 aromatic rings. The van der Waals surface area contributed by atoms with Crippen LogP contribution in [0.15, 0.2) is 54.9 Å². The van der Waals surface area contributed by atoms with Crippen molar-refractivity contribution in [3.05, 3.63) is 54.9 Å². The summed E-state index contributed by atoms with van der Waals surface area (Å²) in [6.07, 6.45) is 14.7. The second-order valence-electron chi connectivity index (χ2n) is 7.20. The fourth-order valence-electron chi connectivity index (χ4n) is 3.31. The second-order valence-corrected chi connectivity index (χ2v) is 7.20. The van der Waals surface area contributed by atoms with E-state index >= 15 is 0 Å². The van der Waals surface area contributed by atoms with Crippen LogP contribution in [0.2, 0.25) is 0 Å². The van der Waals surface area contributed by atoms with Crippen LogP contribution >= 0.6 is 17.0 Å². The molecule has 5 heteroatoms. The van der Waals surface area contributed by atoms with E-state index in [2.05, 4.69) is 6.92 Å². The fraction of sp³-hybridized carbons (Fsp3) is 0.500. The Bertz CT molecular complexity index is 676. The summed E-state index contributed by atoms with van der Waals surface area (Å²) in [5, 5.41) is 0.